The van der Waals surface area contributed by atoms with E-state index in [0.29, 0.717) is 9.95 Å². The fraction of sp³-hybridized carbons (Fsp3) is 0.0588. The Labute approximate surface area is 125 Å². The minimum Gasteiger partial charge on any atom is -0.456 e. The molecule has 0 unspecified atom stereocenters. The molecule has 3 nitrogen and oxygen atoms in total. The summed E-state index contributed by atoms with van der Waals surface area (Å²) in [6.07, 6.45) is 2.09. The van der Waals surface area contributed by atoms with Gasteiger partial charge in [-0.3, -0.25) is 10.2 Å². The van der Waals surface area contributed by atoms with E-state index in [9.17, 15) is 4.79 Å². The van der Waals surface area contributed by atoms with Crippen LogP contribution in [0, 0.1) is 5.41 Å². The lowest BCUT2D eigenvalue weighted by Crippen LogP contribution is -1.91. The zero-order valence-electron chi connectivity index (χ0n) is 11.1. The van der Waals surface area contributed by atoms with E-state index in [-0.39, 0.29) is 12.2 Å². The van der Waals surface area contributed by atoms with Crippen LogP contribution in [0.5, 0.6) is 0 Å². The molecular weight excluding hydrogens is 282 g/mol. The van der Waals surface area contributed by atoms with Gasteiger partial charge in [-0.2, -0.15) is 0 Å². The van der Waals surface area contributed by atoms with Gasteiger partial charge in [-0.1, -0.05) is 36.0 Å². The lowest BCUT2D eigenvalue weighted by atomic mass is 10.1. The molecule has 21 heavy (non-hydrogen) atoms. The van der Waals surface area contributed by atoms with Crippen molar-refractivity contribution in [3.05, 3.63) is 52.9 Å². The third-order valence-corrected chi connectivity index (χ3v) is 4.48. The molecule has 0 amide bonds. The molecule has 1 fully saturated rings. The van der Waals surface area contributed by atoms with E-state index < -0.39 is 0 Å². The first kappa shape index (κ1) is 12.4. The molecule has 1 saturated heterocycles. The number of carbonyl (C=O) groups is 1. The maximum Gasteiger partial charge on any atom is 0.176 e. The van der Waals surface area contributed by atoms with Crippen molar-refractivity contribution in [3.8, 4) is 0 Å². The Morgan fingerprint density at radius 1 is 1.10 bits per heavy atom. The van der Waals surface area contributed by atoms with Crippen LogP contribution in [0.1, 0.15) is 12.0 Å². The molecule has 4 heteroatoms. The number of thioether (sulfide) groups is 1. The number of benzene rings is 2. The molecule has 0 saturated carbocycles. The van der Waals surface area contributed by atoms with Crippen LogP contribution in [0.3, 0.4) is 0 Å². The number of fused-ring (bicyclic) bond motifs is 3. The summed E-state index contributed by atoms with van der Waals surface area (Å²) < 4.78 is 5.79. The molecule has 0 aliphatic carbocycles. The SMILES string of the molecule is N=C1CC(=O)/C(=C/c2ccc3oc4ccccc4c3c2)S1. The summed E-state index contributed by atoms with van der Waals surface area (Å²) in [6, 6.07) is 13.8. The van der Waals surface area contributed by atoms with Crippen molar-refractivity contribution in [2.45, 2.75) is 6.42 Å². The van der Waals surface area contributed by atoms with E-state index in [0.717, 1.165) is 27.5 Å². The minimum atomic E-state index is 0.0298. The summed E-state index contributed by atoms with van der Waals surface area (Å²) >= 11 is 1.25. The van der Waals surface area contributed by atoms with Gasteiger partial charge in [-0.25, -0.2) is 0 Å². The molecule has 0 atom stereocenters. The molecule has 1 N–H and O–H groups in total. The second kappa shape index (κ2) is 4.60. The number of Topliss-reactive ketones (excluding diaryl/α,β-unsaturated/α-hetero) is 1. The fourth-order valence-electron chi connectivity index (χ4n) is 2.55. The summed E-state index contributed by atoms with van der Waals surface area (Å²) in [5.41, 5.74) is 2.67. The molecular formula is C17H11NO2S. The number of para-hydroxylation sites is 1. The Morgan fingerprint density at radius 3 is 2.71 bits per heavy atom. The molecule has 4 rings (SSSR count). The summed E-state index contributed by atoms with van der Waals surface area (Å²) in [4.78, 5) is 12.4. The van der Waals surface area contributed by atoms with Gasteiger partial charge in [0, 0.05) is 10.8 Å². The van der Waals surface area contributed by atoms with Crippen LogP contribution in [0.4, 0.5) is 0 Å². The molecule has 0 bridgehead atoms. The Bertz CT molecular complexity index is 936. The Hall–Kier alpha value is -2.33. The van der Waals surface area contributed by atoms with Gasteiger partial charge < -0.3 is 4.42 Å². The van der Waals surface area contributed by atoms with Crippen molar-refractivity contribution >= 4 is 50.6 Å². The molecule has 102 valence electrons. The third kappa shape index (κ3) is 2.08. The van der Waals surface area contributed by atoms with Crippen LogP contribution in [-0.2, 0) is 4.79 Å². The van der Waals surface area contributed by atoms with E-state index in [1.807, 2.05) is 48.5 Å². The third-order valence-electron chi connectivity index (χ3n) is 3.53. The second-order valence-electron chi connectivity index (χ2n) is 4.99. The predicted molar refractivity (Wildman–Crippen MR) is 86.6 cm³/mol. The van der Waals surface area contributed by atoms with Gasteiger partial charge >= 0.3 is 0 Å². The first-order chi connectivity index (χ1) is 10.2. The van der Waals surface area contributed by atoms with Gasteiger partial charge in [-0.05, 0) is 29.8 Å². The van der Waals surface area contributed by atoms with Crippen molar-refractivity contribution in [1.82, 2.24) is 0 Å². The van der Waals surface area contributed by atoms with Gasteiger partial charge in [0.25, 0.3) is 0 Å². The van der Waals surface area contributed by atoms with E-state index in [2.05, 4.69) is 0 Å². The van der Waals surface area contributed by atoms with Crippen molar-refractivity contribution in [2.24, 2.45) is 0 Å². The first-order valence-electron chi connectivity index (χ1n) is 6.62. The lowest BCUT2D eigenvalue weighted by molar-refractivity contribution is -0.113. The van der Waals surface area contributed by atoms with Crippen molar-refractivity contribution in [3.63, 3.8) is 0 Å². The van der Waals surface area contributed by atoms with E-state index >= 15 is 0 Å². The largest absolute Gasteiger partial charge is 0.456 e. The van der Waals surface area contributed by atoms with Crippen LogP contribution in [0.25, 0.3) is 28.0 Å². The maximum atomic E-state index is 11.8. The molecule has 0 radical (unpaired) electrons. The van der Waals surface area contributed by atoms with Gasteiger partial charge in [0.15, 0.2) is 5.78 Å². The van der Waals surface area contributed by atoms with Crippen molar-refractivity contribution < 1.29 is 9.21 Å². The van der Waals surface area contributed by atoms with Crippen LogP contribution < -0.4 is 0 Å². The summed E-state index contributed by atoms with van der Waals surface area (Å²) in [5, 5.41) is 10.1. The molecule has 1 aliphatic heterocycles. The highest BCUT2D eigenvalue weighted by Crippen LogP contribution is 2.33. The molecule has 3 aromatic rings. The number of furan rings is 1. The van der Waals surface area contributed by atoms with Gasteiger partial charge in [0.2, 0.25) is 0 Å². The number of carbonyl (C=O) groups excluding carboxylic acids is 1. The van der Waals surface area contributed by atoms with E-state index in [4.69, 9.17) is 9.83 Å². The summed E-state index contributed by atoms with van der Waals surface area (Å²) in [7, 11) is 0. The standard InChI is InChI=1S/C17H11NO2S/c18-17-9-13(19)16(21-17)8-10-5-6-15-12(7-10)11-3-1-2-4-14(11)20-15/h1-8,18H,9H2/b16-8-,18-17?. The minimum absolute atomic E-state index is 0.0298. The smallest absolute Gasteiger partial charge is 0.176 e. The van der Waals surface area contributed by atoms with Gasteiger partial charge in [0.05, 0.1) is 16.4 Å². The highest BCUT2D eigenvalue weighted by atomic mass is 32.2. The second-order valence-corrected chi connectivity index (χ2v) is 6.12. The monoisotopic (exact) mass is 293 g/mol. The normalized spacial score (nSPS) is 17.4. The molecule has 2 aromatic carbocycles. The number of rotatable bonds is 1. The quantitative estimate of drug-likeness (QED) is 0.666. The molecule has 0 spiro atoms. The summed E-state index contributed by atoms with van der Waals surface area (Å²) in [5.74, 6) is 0.0298. The van der Waals surface area contributed by atoms with E-state index in [1.54, 1.807) is 0 Å². The highest BCUT2D eigenvalue weighted by Gasteiger charge is 2.22. The Kier molecular flexibility index (Phi) is 2.72. The van der Waals surface area contributed by atoms with Gasteiger partial charge in [-0.15, -0.1) is 0 Å². The molecule has 1 aromatic heterocycles. The average Bonchev–Trinajstić information content (AvgIpc) is 2.99. The first-order valence-corrected chi connectivity index (χ1v) is 7.44. The van der Waals surface area contributed by atoms with Crippen molar-refractivity contribution in [1.29, 1.82) is 5.41 Å². The maximum absolute atomic E-state index is 11.8. The number of ketones is 1. The van der Waals surface area contributed by atoms with Crippen LogP contribution in [0.2, 0.25) is 0 Å². The fourth-order valence-corrected chi connectivity index (χ4v) is 3.40. The zero-order chi connectivity index (χ0) is 14.4. The van der Waals surface area contributed by atoms with Crippen molar-refractivity contribution in [2.75, 3.05) is 0 Å². The van der Waals surface area contributed by atoms with E-state index in [1.165, 1.54) is 11.8 Å². The molecule has 2 heterocycles. The number of hydrogen-bond donors (Lipinski definition) is 1. The Morgan fingerprint density at radius 2 is 1.90 bits per heavy atom. The number of nitrogens with one attached hydrogen (secondary N) is 1. The zero-order valence-corrected chi connectivity index (χ0v) is 11.9. The van der Waals surface area contributed by atoms with Crippen LogP contribution in [0.15, 0.2) is 51.8 Å². The number of hydrogen-bond acceptors (Lipinski definition) is 4. The van der Waals surface area contributed by atoms with Crippen LogP contribution in [-0.4, -0.2) is 10.8 Å². The lowest BCUT2D eigenvalue weighted by Gasteiger charge is -1.96. The van der Waals surface area contributed by atoms with Gasteiger partial charge in [0.1, 0.15) is 11.2 Å². The van der Waals surface area contributed by atoms with Crippen LogP contribution >= 0.6 is 11.8 Å². The predicted octanol–water partition coefficient (Wildman–Crippen LogP) is 4.61. The Balaban J connectivity index is 1.87. The summed E-state index contributed by atoms with van der Waals surface area (Å²) in [6.45, 7) is 0. The topological polar surface area (TPSA) is 54.1 Å². The highest BCUT2D eigenvalue weighted by molar-refractivity contribution is 8.18. The molecule has 1 aliphatic rings. The number of allylic oxidation sites excluding steroid dienone is 1. The average molecular weight is 293 g/mol.